The molecule has 4 saturated carbocycles. The Morgan fingerprint density at radius 2 is 0.350 bits per heavy atom. The minimum absolute atomic E-state index is 0. The molecule has 4 rings (SSSR count). The fourth-order valence-electron chi connectivity index (χ4n) is 11.0. The molecule has 4 aliphatic rings. The number of ether oxygens (including phenoxy) is 6. The predicted octanol–water partition coefficient (Wildman–Crippen LogP) is 22.8. The molecule has 4 aliphatic carbocycles. The van der Waals surface area contributed by atoms with Gasteiger partial charge in [-0.2, -0.15) is 0 Å². The van der Waals surface area contributed by atoms with Gasteiger partial charge in [-0.25, -0.2) is 24.0 Å². The van der Waals surface area contributed by atoms with Crippen molar-refractivity contribution in [3.8, 4) is 0 Å². The maximum atomic E-state index is 11.0. The molecule has 17 heteroatoms. The molecule has 0 spiro atoms. The van der Waals surface area contributed by atoms with Crippen molar-refractivity contribution in [2.75, 3.05) is 42.7 Å². The van der Waals surface area contributed by atoms with Gasteiger partial charge in [0.2, 0.25) is 0 Å². The van der Waals surface area contributed by atoms with E-state index in [2.05, 4.69) is 200 Å². The molecule has 0 amide bonds. The Morgan fingerprint density at radius 1 is 0.243 bits per heavy atom. The van der Waals surface area contributed by atoms with Gasteiger partial charge in [-0.3, -0.25) is 11.4 Å². The fourth-order valence-corrected chi connectivity index (χ4v) is 11.0. The van der Waals surface area contributed by atoms with E-state index >= 15 is 0 Å². The Balaban J connectivity index is -0.0000000350. The minimum Gasteiger partial charge on any atom is -0.550 e. The first-order valence-electron chi connectivity index (χ1n) is 31.2. The normalized spacial score (nSPS) is 25.4. The maximum Gasteiger partial charge on any atom is 4.00 e. The molecule has 0 heterocycles. The number of allylic oxidation sites excluding steroid dienone is 2. The number of carbonyl (C=O) groups excluding carboxylic acids is 7. The summed E-state index contributed by atoms with van der Waals surface area (Å²) in [5, 5.41) is 0. The Bertz CT molecular complexity index is 1780. The van der Waals surface area contributed by atoms with Gasteiger partial charge in [-0.15, -0.1) is 5.57 Å². The molecule has 4 fully saturated rings. The van der Waals surface area contributed by atoms with Crippen LogP contribution in [0, 0.1) is 214 Å². The summed E-state index contributed by atoms with van der Waals surface area (Å²) in [5.74, 6) is 16.1. The van der Waals surface area contributed by atoms with Gasteiger partial charge in [-0.1, -0.05) is 178 Å². The van der Waals surface area contributed by atoms with Crippen molar-refractivity contribution in [1.82, 2.24) is 0 Å². The summed E-state index contributed by atoms with van der Waals surface area (Å²) in [6.45, 7) is 80.8. The molecule has 0 atom stereocenters. The van der Waals surface area contributed by atoms with Gasteiger partial charge in [0.25, 0.3) is 0 Å². The summed E-state index contributed by atoms with van der Waals surface area (Å²) in [5.41, 5.74) is 2.60. The van der Waals surface area contributed by atoms with Crippen molar-refractivity contribution in [3.05, 3.63) is 174 Å². The summed E-state index contributed by atoms with van der Waals surface area (Å²) in [6.07, 6.45) is 1.22. The standard InChI is InChI=1S/4C10H20.C9H12O3.4C5H8O2.C5H7O2.12CH3.4Ti/c4*1-6-7(2)9(4)10(5)8(6)3;1-6(2)8(10)5-7(3)9(11)12-4;5*1-4(2)5(6)7-3;;;;;;;;;;;;;;;;/h4*6-10H,1-5H3;5H,1H2,2-4H3;4*1H2,2-3H3;1H,2-3H3;12*1H3;;;;/q;;;;;;;;;13*-1;3*+3;+4. The second kappa shape index (κ2) is 85.1. The summed E-state index contributed by atoms with van der Waals surface area (Å²) in [6, 6.07) is 0. The first-order chi connectivity index (χ1) is 39.6. The number of ketones is 1. The van der Waals surface area contributed by atoms with E-state index in [-0.39, 0.29) is 217 Å². The maximum absolute atomic E-state index is 11.0. The Morgan fingerprint density at radius 3 is 0.398 bits per heavy atom. The second-order valence-electron chi connectivity index (χ2n) is 25.9. The average molecular weight is 1600 g/mol. The van der Waals surface area contributed by atoms with Crippen LogP contribution in [0.3, 0.4) is 0 Å². The van der Waals surface area contributed by atoms with E-state index in [9.17, 15) is 33.6 Å². The Labute approximate surface area is 706 Å². The summed E-state index contributed by atoms with van der Waals surface area (Å²) >= 11 is 0. The van der Waals surface area contributed by atoms with E-state index in [1.54, 1.807) is 34.6 Å². The number of hydrogen-bond acceptors (Lipinski definition) is 13. The fraction of sp³-hybridized carbons (Fsp3) is 0.616. The zero-order chi connectivity index (χ0) is 70.6. The van der Waals surface area contributed by atoms with E-state index in [0.29, 0.717) is 27.9 Å². The topological polar surface area (TPSA) is 175 Å². The van der Waals surface area contributed by atoms with Gasteiger partial charge >= 0.3 is 117 Å². The summed E-state index contributed by atoms with van der Waals surface area (Å²) < 4.78 is 25.7. The predicted molar refractivity (Wildman–Crippen MR) is 439 cm³/mol. The van der Waals surface area contributed by atoms with E-state index in [0.717, 1.165) is 118 Å². The van der Waals surface area contributed by atoms with Crippen LogP contribution in [0.25, 0.3) is 0 Å². The third-order valence-electron chi connectivity index (χ3n) is 20.5. The molecule has 605 valence electrons. The number of rotatable bonds is 8. The van der Waals surface area contributed by atoms with Gasteiger partial charge in [0.15, 0.2) is 11.8 Å². The molecular weight excluding hydrogens is 1430 g/mol. The second-order valence-corrected chi connectivity index (χ2v) is 25.9. The van der Waals surface area contributed by atoms with Crippen molar-refractivity contribution < 1.29 is 149 Å². The van der Waals surface area contributed by atoms with Gasteiger partial charge in [-0.05, 0) is 172 Å². The van der Waals surface area contributed by atoms with Crippen molar-refractivity contribution >= 4 is 41.6 Å². The molecular formula is C86H167O13Ti4. The van der Waals surface area contributed by atoms with Crippen molar-refractivity contribution in [2.45, 2.75) is 187 Å². The number of esters is 6. The zero-order valence-corrected chi connectivity index (χ0v) is 81.8. The molecule has 0 unspecified atom stereocenters. The summed E-state index contributed by atoms with van der Waals surface area (Å²) in [4.78, 5) is 72.7. The van der Waals surface area contributed by atoms with Crippen LogP contribution >= 0.6 is 0 Å². The molecule has 3 radical (unpaired) electrons. The molecule has 13 nitrogen and oxygen atoms in total. The first-order valence-corrected chi connectivity index (χ1v) is 31.2. The van der Waals surface area contributed by atoms with Crippen LogP contribution < -0.4 is 0 Å². The third kappa shape index (κ3) is 64.1. The van der Waals surface area contributed by atoms with E-state index in [1.807, 2.05) is 0 Å². The van der Waals surface area contributed by atoms with Gasteiger partial charge in [0, 0.05) is 27.9 Å². The van der Waals surface area contributed by atoms with Crippen LogP contribution in [0.1, 0.15) is 187 Å². The Hall–Kier alpha value is -2.47. The van der Waals surface area contributed by atoms with Crippen LogP contribution in [0.5, 0.6) is 0 Å². The largest absolute Gasteiger partial charge is 4.00 e. The number of carbonyl (C=O) groups is 7. The summed E-state index contributed by atoms with van der Waals surface area (Å²) in [7, 11) is 7.88. The zero-order valence-electron chi connectivity index (χ0n) is 75.5. The molecule has 0 aliphatic heterocycles. The molecule has 0 bridgehead atoms. The van der Waals surface area contributed by atoms with Gasteiger partial charge in [0.05, 0.1) is 42.7 Å². The molecule has 0 aromatic rings. The van der Waals surface area contributed by atoms with E-state index in [1.165, 1.54) is 62.6 Å². The van der Waals surface area contributed by atoms with E-state index < -0.39 is 11.9 Å². The molecule has 0 saturated heterocycles. The van der Waals surface area contributed by atoms with Crippen LogP contribution in [0.4, 0.5) is 0 Å². The van der Waals surface area contributed by atoms with Gasteiger partial charge < -0.3 is 122 Å². The smallest absolute Gasteiger partial charge is 0.550 e. The monoisotopic (exact) mass is 1600 g/mol. The molecule has 103 heavy (non-hydrogen) atoms. The van der Waals surface area contributed by atoms with E-state index in [4.69, 9.17) is 6.58 Å². The Kier molecular flexibility index (Phi) is 133. The third-order valence-corrected chi connectivity index (χ3v) is 20.5. The van der Waals surface area contributed by atoms with Crippen LogP contribution in [-0.4, -0.2) is 84.3 Å². The van der Waals surface area contributed by atoms with Crippen molar-refractivity contribution in [2.24, 2.45) is 118 Å². The SMILES string of the molecule is C=C(C)C(=O)C=C(C)C(=O)OC.C=C(C)C(=O)OC.C=C(C)C(=O)OC.C=C(C)C(=O)OC.C=C(C)C(=O)OC.CC1C(C)C(C)C(C)C1C.CC1C(C)C(C)C(C)C1C.CC1C(C)C(C)C(C)C1C.CC1C(C)C(C)C(C)C1C.[CH-]=C(C)C(=O)OC.[CH3-].[CH3-].[CH3-].[CH3-].[CH3-].[CH3-].[CH3-].[CH3-].[CH3-].[CH3-].[CH3-].[CH3-].[Ti+3].[Ti+3].[Ti+3].[Ti+4]. The molecule has 0 aromatic carbocycles. The minimum atomic E-state index is -0.496. The van der Waals surface area contributed by atoms with Crippen molar-refractivity contribution in [1.29, 1.82) is 0 Å². The average Bonchev–Trinajstić information content (AvgIpc) is 1.75. The number of methoxy groups -OCH3 is 6. The molecule has 0 aromatic heterocycles. The van der Waals surface area contributed by atoms with Crippen LogP contribution in [0.2, 0.25) is 0 Å². The van der Waals surface area contributed by atoms with Crippen molar-refractivity contribution in [3.63, 3.8) is 0 Å². The van der Waals surface area contributed by atoms with Crippen LogP contribution in [-0.2, 0) is 149 Å². The van der Waals surface area contributed by atoms with Crippen LogP contribution in [0.15, 0.2) is 78.0 Å². The first kappa shape index (κ1) is 161. The number of hydrogen-bond donors (Lipinski definition) is 0. The van der Waals surface area contributed by atoms with Gasteiger partial charge in [0.1, 0.15) is 0 Å². The quantitative estimate of drug-likeness (QED) is 0.0739. The molecule has 0 N–H and O–H groups in total.